The highest BCUT2D eigenvalue weighted by molar-refractivity contribution is 7.98. The second kappa shape index (κ2) is 6.36. The Morgan fingerprint density at radius 2 is 2.21 bits per heavy atom. The van der Waals surface area contributed by atoms with Gasteiger partial charge in [0.2, 0.25) is 0 Å². The van der Waals surface area contributed by atoms with E-state index in [1.54, 1.807) is 12.1 Å². The van der Waals surface area contributed by atoms with Crippen LogP contribution in [-0.4, -0.2) is 21.3 Å². The summed E-state index contributed by atoms with van der Waals surface area (Å²) in [6, 6.07) is 4.67. The summed E-state index contributed by atoms with van der Waals surface area (Å²) in [4.78, 5) is 0. The second-order valence-corrected chi connectivity index (χ2v) is 5.31. The quantitative estimate of drug-likeness (QED) is 0.863. The molecular weight excluding hydrogens is 287 g/mol. The van der Waals surface area contributed by atoms with Crippen LogP contribution in [0.4, 0.5) is 4.39 Å². The van der Waals surface area contributed by atoms with Crippen LogP contribution in [0.5, 0.6) is 0 Å². The maximum Gasteiger partial charge on any atom is 0.191 e. The van der Waals surface area contributed by atoms with Gasteiger partial charge in [0, 0.05) is 29.4 Å². The van der Waals surface area contributed by atoms with Gasteiger partial charge in [-0.2, -0.15) is 0 Å². The molecule has 0 saturated carbocycles. The van der Waals surface area contributed by atoms with Gasteiger partial charge >= 0.3 is 0 Å². The minimum atomic E-state index is -0.304. The molecule has 0 bridgehead atoms. The summed E-state index contributed by atoms with van der Waals surface area (Å²) < 4.78 is 15.6. The number of hydrogen-bond acceptors (Lipinski definition) is 4. The molecule has 1 heterocycles. The molecule has 0 saturated heterocycles. The summed E-state index contributed by atoms with van der Waals surface area (Å²) in [6.07, 6.45) is 0. The minimum absolute atomic E-state index is 0.304. The number of nitrogens with zero attached hydrogens (tertiary/aromatic N) is 3. The Morgan fingerprint density at radius 1 is 1.42 bits per heavy atom. The van der Waals surface area contributed by atoms with Crippen LogP contribution in [0.15, 0.2) is 23.4 Å². The number of aromatic nitrogens is 3. The van der Waals surface area contributed by atoms with E-state index in [2.05, 4.69) is 10.2 Å². The summed E-state index contributed by atoms with van der Waals surface area (Å²) in [5, 5.41) is 9.22. The molecule has 4 nitrogen and oxygen atoms in total. The number of thioether (sulfide) groups is 1. The van der Waals surface area contributed by atoms with E-state index in [9.17, 15) is 4.39 Å². The molecule has 0 unspecified atom stereocenters. The zero-order chi connectivity index (χ0) is 13.8. The highest BCUT2D eigenvalue weighted by Crippen LogP contribution is 2.27. The summed E-state index contributed by atoms with van der Waals surface area (Å²) >= 11 is 7.38. The van der Waals surface area contributed by atoms with Crippen molar-refractivity contribution >= 4 is 23.4 Å². The maximum absolute atomic E-state index is 13.6. The normalized spacial score (nSPS) is 10.9. The molecule has 0 amide bonds. The van der Waals surface area contributed by atoms with Gasteiger partial charge < -0.3 is 10.3 Å². The maximum atomic E-state index is 13.6. The second-order valence-electron chi connectivity index (χ2n) is 3.96. The average molecular weight is 301 g/mol. The highest BCUT2D eigenvalue weighted by atomic mass is 35.5. The van der Waals surface area contributed by atoms with E-state index < -0.39 is 0 Å². The smallest absolute Gasteiger partial charge is 0.191 e. The lowest BCUT2D eigenvalue weighted by Gasteiger charge is -2.08. The van der Waals surface area contributed by atoms with E-state index in [1.807, 2.05) is 11.5 Å². The lowest BCUT2D eigenvalue weighted by molar-refractivity contribution is 0.615. The van der Waals surface area contributed by atoms with E-state index >= 15 is 0 Å². The standard InChI is InChI=1S/C12H14ClFN4S/c1-8-16-17-12(18(8)6-5-15)19-7-9-10(13)3-2-4-11(9)14/h2-4H,5-7,15H2,1H3. The third-order valence-electron chi connectivity index (χ3n) is 2.66. The van der Waals surface area contributed by atoms with Crippen molar-refractivity contribution in [2.24, 2.45) is 5.73 Å². The molecule has 0 aliphatic carbocycles. The third kappa shape index (κ3) is 3.26. The van der Waals surface area contributed by atoms with E-state index in [1.165, 1.54) is 17.8 Å². The minimum Gasteiger partial charge on any atom is -0.329 e. The summed E-state index contributed by atoms with van der Waals surface area (Å²) in [6.45, 7) is 3.02. The summed E-state index contributed by atoms with van der Waals surface area (Å²) in [5.41, 5.74) is 6.03. The molecule has 0 aliphatic rings. The van der Waals surface area contributed by atoms with Gasteiger partial charge in [0.05, 0.1) is 0 Å². The fourth-order valence-electron chi connectivity index (χ4n) is 1.66. The van der Waals surface area contributed by atoms with Crippen LogP contribution in [0.2, 0.25) is 5.02 Å². The van der Waals surface area contributed by atoms with Crippen molar-refractivity contribution in [2.45, 2.75) is 24.4 Å². The molecular formula is C12H14ClFN4S. The van der Waals surface area contributed by atoms with Crippen LogP contribution in [0.25, 0.3) is 0 Å². The first-order valence-electron chi connectivity index (χ1n) is 5.79. The van der Waals surface area contributed by atoms with Gasteiger partial charge in [-0.1, -0.05) is 29.4 Å². The van der Waals surface area contributed by atoms with Crippen LogP contribution in [-0.2, 0) is 12.3 Å². The first-order valence-corrected chi connectivity index (χ1v) is 7.15. The van der Waals surface area contributed by atoms with Gasteiger partial charge in [0.15, 0.2) is 5.16 Å². The Labute approximate surface area is 120 Å². The largest absolute Gasteiger partial charge is 0.329 e. The topological polar surface area (TPSA) is 56.7 Å². The predicted octanol–water partition coefficient (Wildman–Crippen LogP) is 2.63. The van der Waals surface area contributed by atoms with E-state index in [-0.39, 0.29) is 5.82 Å². The molecule has 7 heteroatoms. The number of hydrogen-bond donors (Lipinski definition) is 1. The fraction of sp³-hybridized carbons (Fsp3) is 0.333. The molecule has 0 spiro atoms. The van der Waals surface area contributed by atoms with Gasteiger partial charge in [-0.15, -0.1) is 10.2 Å². The van der Waals surface area contributed by atoms with Gasteiger partial charge in [-0.05, 0) is 19.1 Å². The molecule has 0 aliphatic heterocycles. The molecule has 2 N–H and O–H groups in total. The van der Waals surface area contributed by atoms with Crippen LogP contribution in [0.1, 0.15) is 11.4 Å². The first-order chi connectivity index (χ1) is 9.13. The molecule has 2 aromatic rings. The zero-order valence-corrected chi connectivity index (χ0v) is 12.0. The van der Waals surface area contributed by atoms with Crippen molar-refractivity contribution in [3.8, 4) is 0 Å². The van der Waals surface area contributed by atoms with E-state index in [0.29, 0.717) is 29.4 Å². The molecule has 2 rings (SSSR count). The van der Waals surface area contributed by atoms with Gasteiger partial charge in [0.25, 0.3) is 0 Å². The van der Waals surface area contributed by atoms with Gasteiger partial charge in [-0.25, -0.2) is 4.39 Å². The molecule has 1 aromatic heterocycles. The Morgan fingerprint density at radius 3 is 2.89 bits per heavy atom. The van der Waals surface area contributed by atoms with Crippen molar-refractivity contribution in [3.05, 3.63) is 40.4 Å². The van der Waals surface area contributed by atoms with Crippen molar-refractivity contribution in [1.29, 1.82) is 0 Å². The molecule has 0 radical (unpaired) electrons. The Bertz CT molecular complexity index is 553. The molecule has 0 fully saturated rings. The predicted molar refractivity (Wildman–Crippen MR) is 74.8 cm³/mol. The van der Waals surface area contributed by atoms with Crippen LogP contribution >= 0.6 is 23.4 Å². The Kier molecular flexibility index (Phi) is 4.79. The summed E-state index contributed by atoms with van der Waals surface area (Å²) in [7, 11) is 0. The van der Waals surface area contributed by atoms with Crippen LogP contribution in [0, 0.1) is 12.7 Å². The number of rotatable bonds is 5. The lowest BCUT2D eigenvalue weighted by atomic mass is 10.2. The number of nitrogens with two attached hydrogens (primary N) is 1. The van der Waals surface area contributed by atoms with Gasteiger partial charge in [-0.3, -0.25) is 0 Å². The van der Waals surface area contributed by atoms with Crippen molar-refractivity contribution in [3.63, 3.8) is 0 Å². The Hall–Kier alpha value is -1.11. The third-order valence-corrected chi connectivity index (χ3v) is 4.01. The monoisotopic (exact) mass is 300 g/mol. The Balaban J connectivity index is 2.15. The summed E-state index contributed by atoms with van der Waals surface area (Å²) in [5.74, 6) is 0.906. The van der Waals surface area contributed by atoms with Crippen LogP contribution < -0.4 is 5.73 Å². The SMILES string of the molecule is Cc1nnc(SCc2c(F)cccc2Cl)n1CCN. The van der Waals surface area contributed by atoms with Crippen LogP contribution in [0.3, 0.4) is 0 Å². The molecule has 0 atom stereocenters. The number of aryl methyl sites for hydroxylation is 1. The van der Waals surface area contributed by atoms with E-state index in [4.69, 9.17) is 17.3 Å². The molecule has 19 heavy (non-hydrogen) atoms. The number of halogens is 2. The fourth-order valence-corrected chi connectivity index (χ4v) is 3.02. The van der Waals surface area contributed by atoms with Crippen molar-refractivity contribution < 1.29 is 4.39 Å². The van der Waals surface area contributed by atoms with E-state index in [0.717, 1.165) is 11.0 Å². The first kappa shape index (κ1) is 14.3. The molecule has 1 aromatic carbocycles. The highest BCUT2D eigenvalue weighted by Gasteiger charge is 2.12. The number of benzene rings is 1. The van der Waals surface area contributed by atoms with Crippen molar-refractivity contribution in [1.82, 2.24) is 14.8 Å². The van der Waals surface area contributed by atoms with Crippen molar-refractivity contribution in [2.75, 3.05) is 6.54 Å². The zero-order valence-electron chi connectivity index (χ0n) is 10.4. The lowest BCUT2D eigenvalue weighted by Crippen LogP contribution is -2.12. The average Bonchev–Trinajstić information content (AvgIpc) is 2.71. The molecule has 102 valence electrons. The van der Waals surface area contributed by atoms with Gasteiger partial charge in [0.1, 0.15) is 11.6 Å².